The minimum absolute atomic E-state index is 0. The van der Waals surface area contributed by atoms with Crippen molar-refractivity contribution in [2.45, 2.75) is 19.9 Å². The number of rotatable bonds is 7. The van der Waals surface area contributed by atoms with Crippen LogP contribution in [-0.4, -0.2) is 50.1 Å². The average molecular weight is 457 g/mol. The molecule has 0 atom stereocenters. The maximum Gasteiger partial charge on any atom is 0.226 e. The van der Waals surface area contributed by atoms with E-state index in [1.165, 1.54) is 5.56 Å². The standard InChI is InChI=1S/C18H27N5O.HI/c1-14-6-8-15(9-7-14)17-22-16(13-24-17)12-21-18(19-2)20-10-5-11-23(3)4;/h6-9,13H,5,10-12H2,1-4H3,(H2,19,20,21);1H. The van der Waals surface area contributed by atoms with Gasteiger partial charge in [0.05, 0.1) is 12.2 Å². The average Bonchev–Trinajstić information content (AvgIpc) is 3.03. The fourth-order valence-electron chi connectivity index (χ4n) is 2.21. The van der Waals surface area contributed by atoms with Gasteiger partial charge in [-0.3, -0.25) is 4.99 Å². The van der Waals surface area contributed by atoms with Crippen LogP contribution in [0.4, 0.5) is 0 Å². The van der Waals surface area contributed by atoms with Crippen molar-refractivity contribution in [3.8, 4) is 11.5 Å². The van der Waals surface area contributed by atoms with E-state index in [-0.39, 0.29) is 24.0 Å². The second-order valence-electron chi connectivity index (χ2n) is 6.02. The lowest BCUT2D eigenvalue weighted by Gasteiger charge is -2.12. The Labute approximate surface area is 167 Å². The van der Waals surface area contributed by atoms with Crippen molar-refractivity contribution in [1.82, 2.24) is 20.5 Å². The summed E-state index contributed by atoms with van der Waals surface area (Å²) in [5, 5.41) is 6.54. The topological polar surface area (TPSA) is 65.7 Å². The number of halogens is 1. The molecule has 0 saturated carbocycles. The summed E-state index contributed by atoms with van der Waals surface area (Å²) in [5.74, 6) is 1.41. The van der Waals surface area contributed by atoms with Crippen LogP contribution in [0.25, 0.3) is 11.5 Å². The van der Waals surface area contributed by atoms with Gasteiger partial charge in [-0.25, -0.2) is 4.98 Å². The van der Waals surface area contributed by atoms with Crippen molar-refractivity contribution in [2.24, 2.45) is 4.99 Å². The lowest BCUT2D eigenvalue weighted by Crippen LogP contribution is -2.38. The van der Waals surface area contributed by atoms with Gasteiger partial charge in [-0.2, -0.15) is 0 Å². The second kappa shape index (κ2) is 11.1. The van der Waals surface area contributed by atoms with Crippen LogP contribution in [0.5, 0.6) is 0 Å². The molecular formula is C18H28IN5O. The minimum Gasteiger partial charge on any atom is -0.444 e. The zero-order chi connectivity index (χ0) is 17.4. The van der Waals surface area contributed by atoms with Crippen molar-refractivity contribution < 1.29 is 4.42 Å². The Bertz CT molecular complexity index is 652. The van der Waals surface area contributed by atoms with E-state index in [2.05, 4.69) is 58.7 Å². The molecule has 0 fully saturated rings. The molecule has 0 aliphatic carbocycles. The van der Waals surface area contributed by atoms with Crippen LogP contribution in [-0.2, 0) is 6.54 Å². The molecule has 6 nitrogen and oxygen atoms in total. The van der Waals surface area contributed by atoms with Gasteiger partial charge in [0, 0.05) is 19.2 Å². The van der Waals surface area contributed by atoms with E-state index < -0.39 is 0 Å². The summed E-state index contributed by atoms with van der Waals surface area (Å²) in [6, 6.07) is 8.14. The van der Waals surface area contributed by atoms with Gasteiger partial charge in [-0.1, -0.05) is 17.7 Å². The predicted octanol–water partition coefficient (Wildman–Crippen LogP) is 2.88. The summed E-state index contributed by atoms with van der Waals surface area (Å²) in [7, 11) is 5.91. The Morgan fingerprint density at radius 3 is 2.56 bits per heavy atom. The first-order valence-electron chi connectivity index (χ1n) is 8.19. The molecule has 1 aromatic heterocycles. The lowest BCUT2D eigenvalue weighted by atomic mass is 10.1. The van der Waals surface area contributed by atoms with Crippen molar-refractivity contribution in [2.75, 3.05) is 34.2 Å². The number of nitrogens with zero attached hydrogens (tertiary/aromatic N) is 3. The van der Waals surface area contributed by atoms with Crippen LogP contribution >= 0.6 is 24.0 Å². The first-order valence-corrected chi connectivity index (χ1v) is 8.19. The second-order valence-corrected chi connectivity index (χ2v) is 6.02. The SMILES string of the molecule is CN=C(NCCCN(C)C)NCc1coc(-c2ccc(C)cc2)n1.I. The van der Waals surface area contributed by atoms with Crippen LogP contribution < -0.4 is 10.6 Å². The highest BCUT2D eigenvalue weighted by Crippen LogP contribution is 2.18. The Morgan fingerprint density at radius 2 is 1.92 bits per heavy atom. The predicted molar refractivity (Wildman–Crippen MR) is 113 cm³/mol. The highest BCUT2D eigenvalue weighted by molar-refractivity contribution is 14.0. The molecule has 0 amide bonds. The molecule has 0 saturated heterocycles. The maximum absolute atomic E-state index is 5.56. The van der Waals surface area contributed by atoms with Crippen LogP contribution in [0.15, 0.2) is 39.9 Å². The Morgan fingerprint density at radius 1 is 1.20 bits per heavy atom. The van der Waals surface area contributed by atoms with Gasteiger partial charge in [0.1, 0.15) is 6.26 Å². The summed E-state index contributed by atoms with van der Waals surface area (Å²) in [6.07, 6.45) is 2.75. The molecule has 1 heterocycles. The normalized spacial score (nSPS) is 11.3. The monoisotopic (exact) mass is 457 g/mol. The summed E-state index contributed by atoms with van der Waals surface area (Å²) in [6.45, 7) is 4.56. The molecule has 1 aromatic carbocycles. The molecule has 2 N–H and O–H groups in total. The Hall–Kier alpha value is -1.61. The van der Waals surface area contributed by atoms with Gasteiger partial charge in [-0.15, -0.1) is 24.0 Å². The third-order valence-electron chi connectivity index (χ3n) is 3.59. The lowest BCUT2D eigenvalue weighted by molar-refractivity contribution is 0.399. The molecule has 7 heteroatoms. The summed E-state index contributed by atoms with van der Waals surface area (Å²) in [4.78, 5) is 10.9. The maximum atomic E-state index is 5.56. The van der Waals surface area contributed by atoms with E-state index in [9.17, 15) is 0 Å². The molecule has 0 spiro atoms. The van der Waals surface area contributed by atoms with E-state index >= 15 is 0 Å². The van der Waals surface area contributed by atoms with E-state index in [0.29, 0.717) is 12.4 Å². The number of nitrogens with one attached hydrogen (secondary N) is 2. The van der Waals surface area contributed by atoms with Crippen molar-refractivity contribution >= 4 is 29.9 Å². The zero-order valence-corrected chi connectivity index (χ0v) is 17.7. The van der Waals surface area contributed by atoms with Crippen molar-refractivity contribution in [1.29, 1.82) is 0 Å². The van der Waals surface area contributed by atoms with Gasteiger partial charge in [-0.05, 0) is 46.1 Å². The molecule has 0 aliphatic heterocycles. The molecule has 0 unspecified atom stereocenters. The van der Waals surface area contributed by atoms with Crippen LogP contribution in [0.1, 0.15) is 17.7 Å². The number of guanidine groups is 1. The summed E-state index contributed by atoms with van der Waals surface area (Å²) >= 11 is 0. The molecule has 138 valence electrons. The molecule has 0 aliphatic rings. The highest BCUT2D eigenvalue weighted by Gasteiger charge is 2.07. The van der Waals surface area contributed by atoms with E-state index in [4.69, 9.17) is 4.42 Å². The number of oxazole rings is 1. The van der Waals surface area contributed by atoms with Gasteiger partial charge in [0.2, 0.25) is 5.89 Å². The fraction of sp³-hybridized carbons (Fsp3) is 0.444. The van der Waals surface area contributed by atoms with Crippen LogP contribution in [0.3, 0.4) is 0 Å². The van der Waals surface area contributed by atoms with Crippen molar-refractivity contribution in [3.05, 3.63) is 41.8 Å². The number of benzene rings is 1. The summed E-state index contributed by atoms with van der Waals surface area (Å²) in [5.41, 5.74) is 3.05. The van der Waals surface area contributed by atoms with Gasteiger partial charge in [0.15, 0.2) is 5.96 Å². The Balaban J connectivity index is 0.00000312. The zero-order valence-electron chi connectivity index (χ0n) is 15.4. The van der Waals surface area contributed by atoms with Gasteiger partial charge >= 0.3 is 0 Å². The van der Waals surface area contributed by atoms with Gasteiger partial charge < -0.3 is 20.0 Å². The fourth-order valence-corrected chi connectivity index (χ4v) is 2.21. The van der Waals surface area contributed by atoms with Crippen LogP contribution in [0.2, 0.25) is 0 Å². The minimum atomic E-state index is 0. The van der Waals surface area contributed by atoms with Crippen LogP contribution in [0, 0.1) is 6.92 Å². The summed E-state index contributed by atoms with van der Waals surface area (Å²) < 4.78 is 5.56. The molecule has 25 heavy (non-hydrogen) atoms. The third-order valence-corrected chi connectivity index (χ3v) is 3.59. The number of aryl methyl sites for hydroxylation is 1. The first-order chi connectivity index (χ1) is 11.6. The molecular weight excluding hydrogens is 429 g/mol. The largest absolute Gasteiger partial charge is 0.444 e. The van der Waals surface area contributed by atoms with E-state index in [0.717, 1.165) is 36.7 Å². The first kappa shape index (κ1) is 21.4. The molecule has 0 bridgehead atoms. The highest BCUT2D eigenvalue weighted by atomic mass is 127. The number of hydrogen-bond donors (Lipinski definition) is 2. The smallest absolute Gasteiger partial charge is 0.226 e. The third kappa shape index (κ3) is 7.43. The molecule has 2 aromatic rings. The van der Waals surface area contributed by atoms with E-state index in [1.807, 2.05) is 12.1 Å². The van der Waals surface area contributed by atoms with Gasteiger partial charge in [0.25, 0.3) is 0 Å². The van der Waals surface area contributed by atoms with E-state index in [1.54, 1.807) is 13.3 Å². The number of aromatic nitrogens is 1. The Kier molecular flexibility index (Phi) is 9.51. The molecule has 0 radical (unpaired) electrons. The van der Waals surface area contributed by atoms with Crippen molar-refractivity contribution in [3.63, 3.8) is 0 Å². The number of aliphatic imine (C=N–C) groups is 1. The number of hydrogen-bond acceptors (Lipinski definition) is 4. The molecule has 2 rings (SSSR count). The quantitative estimate of drug-likeness (QED) is 0.290.